The quantitative estimate of drug-likeness (QED) is 0.806. The van der Waals surface area contributed by atoms with Crippen LogP contribution in [0.3, 0.4) is 0 Å². The number of carbonyl (C=O) groups excluding carboxylic acids is 2. The lowest BCUT2D eigenvalue weighted by Gasteiger charge is -2.39. The number of rotatable bonds is 4. The molecule has 29 heavy (non-hydrogen) atoms. The number of likely N-dealkylation sites (tertiary alicyclic amines) is 1. The summed E-state index contributed by atoms with van der Waals surface area (Å²) in [6.07, 6.45) is 3.40. The minimum Gasteiger partial charge on any atom is -0.381 e. The van der Waals surface area contributed by atoms with Crippen LogP contribution in [-0.2, 0) is 19.7 Å². The minimum absolute atomic E-state index is 0.0457. The van der Waals surface area contributed by atoms with Crippen LogP contribution in [0.4, 0.5) is 0 Å². The molecule has 0 radical (unpaired) electrons. The van der Waals surface area contributed by atoms with Crippen LogP contribution in [0.25, 0.3) is 0 Å². The maximum atomic E-state index is 13.0. The Balaban J connectivity index is 1.66. The Morgan fingerprint density at radius 2 is 2.00 bits per heavy atom. The van der Waals surface area contributed by atoms with Gasteiger partial charge in [0.15, 0.2) is 0 Å². The molecule has 2 aliphatic heterocycles. The van der Waals surface area contributed by atoms with Crippen molar-refractivity contribution >= 4 is 23.4 Å². The fourth-order valence-corrected chi connectivity index (χ4v) is 4.59. The zero-order chi connectivity index (χ0) is 21.1. The number of carbonyl (C=O) groups is 2. The SMILES string of the molecule is CC(C)(C)C(=O)N1CCCC(C(=O)NCC2(c3cccc(Cl)c3)CCOCC2)C1. The van der Waals surface area contributed by atoms with Gasteiger partial charge in [-0.2, -0.15) is 0 Å². The number of piperidine rings is 1. The van der Waals surface area contributed by atoms with E-state index in [1.807, 2.05) is 43.9 Å². The highest BCUT2D eigenvalue weighted by Crippen LogP contribution is 2.35. The lowest BCUT2D eigenvalue weighted by molar-refractivity contribution is -0.142. The second-order valence-electron chi connectivity index (χ2n) is 9.46. The summed E-state index contributed by atoms with van der Waals surface area (Å²) in [4.78, 5) is 27.5. The first kappa shape index (κ1) is 22.1. The highest BCUT2D eigenvalue weighted by atomic mass is 35.5. The van der Waals surface area contributed by atoms with Gasteiger partial charge in [0.2, 0.25) is 11.8 Å². The molecule has 2 heterocycles. The van der Waals surface area contributed by atoms with Crippen LogP contribution in [-0.4, -0.2) is 49.6 Å². The molecule has 0 bridgehead atoms. The van der Waals surface area contributed by atoms with Crippen molar-refractivity contribution in [2.45, 2.75) is 51.9 Å². The molecule has 2 amide bonds. The molecule has 1 N–H and O–H groups in total. The van der Waals surface area contributed by atoms with Crippen molar-refractivity contribution in [3.05, 3.63) is 34.9 Å². The topological polar surface area (TPSA) is 58.6 Å². The summed E-state index contributed by atoms with van der Waals surface area (Å²) < 4.78 is 5.58. The minimum atomic E-state index is -0.420. The first-order valence-corrected chi connectivity index (χ1v) is 11.0. The fourth-order valence-electron chi connectivity index (χ4n) is 4.40. The van der Waals surface area contributed by atoms with E-state index in [1.54, 1.807) is 0 Å². The first-order valence-electron chi connectivity index (χ1n) is 10.6. The van der Waals surface area contributed by atoms with Crippen molar-refractivity contribution in [3.8, 4) is 0 Å². The third-order valence-electron chi connectivity index (χ3n) is 6.21. The first-order chi connectivity index (χ1) is 13.7. The lowest BCUT2D eigenvalue weighted by atomic mass is 9.74. The zero-order valence-electron chi connectivity index (χ0n) is 17.8. The molecule has 1 aromatic rings. The van der Waals surface area contributed by atoms with Gasteiger partial charge in [-0.1, -0.05) is 44.5 Å². The van der Waals surface area contributed by atoms with Crippen molar-refractivity contribution in [2.24, 2.45) is 11.3 Å². The van der Waals surface area contributed by atoms with Crippen LogP contribution in [0, 0.1) is 11.3 Å². The molecule has 160 valence electrons. The van der Waals surface area contributed by atoms with Gasteiger partial charge in [0.25, 0.3) is 0 Å². The third-order valence-corrected chi connectivity index (χ3v) is 6.44. The van der Waals surface area contributed by atoms with Gasteiger partial charge < -0.3 is 15.0 Å². The molecule has 2 fully saturated rings. The van der Waals surface area contributed by atoms with Gasteiger partial charge in [0, 0.05) is 48.7 Å². The average molecular weight is 421 g/mol. The molecule has 2 saturated heterocycles. The Labute approximate surface area is 179 Å². The Hall–Kier alpha value is -1.59. The molecule has 6 heteroatoms. The normalized spacial score (nSPS) is 22.2. The Kier molecular flexibility index (Phi) is 6.90. The number of nitrogens with one attached hydrogen (secondary N) is 1. The molecule has 0 aromatic heterocycles. The van der Waals surface area contributed by atoms with Crippen molar-refractivity contribution in [2.75, 3.05) is 32.8 Å². The fraction of sp³-hybridized carbons (Fsp3) is 0.652. The Morgan fingerprint density at radius 3 is 2.66 bits per heavy atom. The van der Waals surface area contributed by atoms with E-state index in [9.17, 15) is 9.59 Å². The number of ether oxygens (including phenoxy) is 1. The Bertz CT molecular complexity index is 738. The van der Waals surface area contributed by atoms with E-state index in [1.165, 1.54) is 0 Å². The largest absolute Gasteiger partial charge is 0.381 e. The smallest absolute Gasteiger partial charge is 0.227 e. The van der Waals surface area contributed by atoms with Gasteiger partial charge in [0.1, 0.15) is 0 Å². The molecule has 3 rings (SSSR count). The van der Waals surface area contributed by atoms with Crippen LogP contribution in [0.1, 0.15) is 52.0 Å². The summed E-state index contributed by atoms with van der Waals surface area (Å²) >= 11 is 6.24. The maximum absolute atomic E-state index is 13.0. The second-order valence-corrected chi connectivity index (χ2v) is 9.90. The van der Waals surface area contributed by atoms with E-state index >= 15 is 0 Å². The summed E-state index contributed by atoms with van der Waals surface area (Å²) in [5, 5.41) is 3.91. The molecule has 0 spiro atoms. The van der Waals surface area contributed by atoms with Crippen LogP contribution < -0.4 is 5.32 Å². The predicted molar refractivity (Wildman–Crippen MR) is 115 cm³/mol. The number of hydrogen-bond acceptors (Lipinski definition) is 3. The summed E-state index contributed by atoms with van der Waals surface area (Å²) in [6.45, 7) is 8.97. The molecule has 1 unspecified atom stereocenters. The molecular weight excluding hydrogens is 388 g/mol. The maximum Gasteiger partial charge on any atom is 0.227 e. The zero-order valence-corrected chi connectivity index (χ0v) is 18.6. The summed E-state index contributed by atoms with van der Waals surface area (Å²) in [5.74, 6) is 0.0189. The van der Waals surface area contributed by atoms with Crippen LogP contribution in [0.2, 0.25) is 5.02 Å². The Morgan fingerprint density at radius 1 is 1.28 bits per heavy atom. The third kappa shape index (κ3) is 5.32. The number of hydrogen-bond donors (Lipinski definition) is 1. The van der Waals surface area contributed by atoms with Crippen molar-refractivity contribution in [1.29, 1.82) is 0 Å². The molecule has 0 aliphatic carbocycles. The number of nitrogens with zero attached hydrogens (tertiary/aromatic N) is 1. The monoisotopic (exact) mass is 420 g/mol. The lowest BCUT2D eigenvalue weighted by Crippen LogP contribution is -2.51. The standard InChI is InChI=1S/C23H33ClN2O3/c1-22(2,3)21(28)26-11-5-6-17(15-26)20(27)25-16-23(9-12-29-13-10-23)18-7-4-8-19(24)14-18/h4,7-8,14,17H,5-6,9-13,15-16H2,1-3H3,(H,25,27). The van der Waals surface area contributed by atoms with Gasteiger partial charge in [0.05, 0.1) is 5.92 Å². The van der Waals surface area contributed by atoms with E-state index in [-0.39, 0.29) is 23.1 Å². The molecule has 1 atom stereocenters. The van der Waals surface area contributed by atoms with Gasteiger partial charge in [-0.3, -0.25) is 9.59 Å². The van der Waals surface area contributed by atoms with Gasteiger partial charge >= 0.3 is 0 Å². The van der Waals surface area contributed by atoms with E-state index < -0.39 is 5.41 Å². The molecule has 2 aliphatic rings. The molecule has 1 aromatic carbocycles. The van der Waals surface area contributed by atoms with E-state index in [0.717, 1.165) is 37.8 Å². The highest BCUT2D eigenvalue weighted by molar-refractivity contribution is 6.30. The van der Waals surface area contributed by atoms with Crippen LogP contribution >= 0.6 is 11.6 Å². The number of benzene rings is 1. The van der Waals surface area contributed by atoms with Crippen LogP contribution in [0.15, 0.2) is 24.3 Å². The number of halogens is 1. The summed E-state index contributed by atoms with van der Waals surface area (Å²) in [6, 6.07) is 7.93. The van der Waals surface area contributed by atoms with Crippen molar-refractivity contribution in [3.63, 3.8) is 0 Å². The van der Waals surface area contributed by atoms with Crippen molar-refractivity contribution in [1.82, 2.24) is 10.2 Å². The van der Waals surface area contributed by atoms with E-state index in [2.05, 4.69) is 11.4 Å². The van der Waals surface area contributed by atoms with Crippen LogP contribution in [0.5, 0.6) is 0 Å². The predicted octanol–water partition coefficient (Wildman–Crippen LogP) is 3.79. The molecule has 0 saturated carbocycles. The highest BCUT2D eigenvalue weighted by Gasteiger charge is 2.37. The second kappa shape index (κ2) is 9.05. The van der Waals surface area contributed by atoms with Gasteiger partial charge in [-0.25, -0.2) is 0 Å². The molecule has 5 nitrogen and oxygen atoms in total. The number of amides is 2. The average Bonchev–Trinajstić information content (AvgIpc) is 2.71. The van der Waals surface area contributed by atoms with Crippen molar-refractivity contribution < 1.29 is 14.3 Å². The summed E-state index contributed by atoms with van der Waals surface area (Å²) in [7, 11) is 0. The summed E-state index contributed by atoms with van der Waals surface area (Å²) in [5.41, 5.74) is 0.577. The van der Waals surface area contributed by atoms with Gasteiger partial charge in [-0.15, -0.1) is 0 Å². The molecular formula is C23H33ClN2O3. The van der Waals surface area contributed by atoms with E-state index in [4.69, 9.17) is 16.3 Å². The van der Waals surface area contributed by atoms with Gasteiger partial charge in [-0.05, 0) is 43.4 Å². The van der Waals surface area contributed by atoms with E-state index in [0.29, 0.717) is 31.3 Å².